The molecule has 0 fully saturated rings. The second-order valence-electron chi connectivity index (χ2n) is 5.75. The molecule has 0 amide bonds. The van der Waals surface area contributed by atoms with Gasteiger partial charge < -0.3 is 0 Å². The topological polar surface area (TPSA) is 0 Å². The highest BCUT2D eigenvalue weighted by Crippen LogP contribution is 2.23. The largest absolute Gasteiger partial charge is 0.156 e. The number of rotatable bonds is 10. The van der Waals surface area contributed by atoms with E-state index in [1.54, 1.807) is 0 Å². The number of hydrogen-bond acceptors (Lipinski definition) is 1. The summed E-state index contributed by atoms with van der Waals surface area (Å²) in [4.78, 5) is 0. The summed E-state index contributed by atoms with van der Waals surface area (Å²) in [5.74, 6) is 1.22. The van der Waals surface area contributed by atoms with Gasteiger partial charge in [-0.05, 0) is 37.9 Å². The second kappa shape index (κ2) is 13.3. The molecule has 0 radical (unpaired) electrons. The summed E-state index contributed by atoms with van der Waals surface area (Å²) >= 11 is 2.03. The van der Waals surface area contributed by atoms with Crippen LogP contribution in [-0.2, 0) is 0 Å². The molecule has 0 N–H and O–H groups in total. The quantitative estimate of drug-likeness (QED) is 0.318. The minimum absolute atomic E-state index is 0.395. The van der Waals surface area contributed by atoms with Crippen LogP contribution in [0.4, 0.5) is 0 Å². The van der Waals surface area contributed by atoms with Crippen LogP contribution < -0.4 is 0 Å². The standard InChI is InChI=1S/C19H32S/c1-5-6-7-8-9-10-11-12-13-14-15-16-17-18-20-19(2,3)4/h6-7,9-10,12-13,15-16H,5,8,11,14,17-18H2,1-4H3/b7-6-,10-9-,13-12-,16-15-. The third kappa shape index (κ3) is 17.3. The van der Waals surface area contributed by atoms with Gasteiger partial charge in [-0.15, -0.1) is 0 Å². The van der Waals surface area contributed by atoms with Crippen LogP contribution in [0.25, 0.3) is 0 Å². The van der Waals surface area contributed by atoms with E-state index in [1.165, 1.54) is 12.2 Å². The molecule has 0 bridgehead atoms. The Kier molecular flexibility index (Phi) is 12.8. The van der Waals surface area contributed by atoms with E-state index < -0.39 is 0 Å². The fourth-order valence-electron chi connectivity index (χ4n) is 1.53. The molecule has 0 atom stereocenters. The van der Waals surface area contributed by atoms with Crippen LogP contribution in [0.3, 0.4) is 0 Å². The molecule has 0 unspecified atom stereocenters. The van der Waals surface area contributed by atoms with Crippen molar-refractivity contribution in [3.63, 3.8) is 0 Å². The van der Waals surface area contributed by atoms with Gasteiger partial charge in [-0.3, -0.25) is 0 Å². The maximum absolute atomic E-state index is 2.30. The average molecular weight is 293 g/mol. The molecule has 0 spiro atoms. The lowest BCUT2D eigenvalue weighted by Gasteiger charge is -2.16. The summed E-state index contributed by atoms with van der Waals surface area (Å²) in [5.41, 5.74) is 0. The molecule has 0 saturated carbocycles. The molecular weight excluding hydrogens is 260 g/mol. The SMILES string of the molecule is CC/C=C\C/C=C\C/C=C\C/C=C\CCSC(C)(C)C. The van der Waals surface area contributed by atoms with E-state index in [1.807, 2.05) is 11.8 Å². The average Bonchev–Trinajstić information content (AvgIpc) is 2.38. The van der Waals surface area contributed by atoms with Crippen molar-refractivity contribution in [3.8, 4) is 0 Å². The fourth-order valence-corrected chi connectivity index (χ4v) is 2.40. The van der Waals surface area contributed by atoms with Gasteiger partial charge in [-0.1, -0.05) is 76.3 Å². The van der Waals surface area contributed by atoms with Crippen LogP contribution in [0.1, 0.15) is 59.8 Å². The smallest absolute Gasteiger partial charge is 0.00752 e. The third-order valence-electron chi connectivity index (χ3n) is 2.54. The lowest BCUT2D eigenvalue weighted by Crippen LogP contribution is -2.07. The zero-order chi connectivity index (χ0) is 15.1. The summed E-state index contributed by atoms with van der Waals surface area (Å²) in [7, 11) is 0. The lowest BCUT2D eigenvalue weighted by atomic mass is 10.2. The van der Waals surface area contributed by atoms with Crippen LogP contribution >= 0.6 is 11.8 Å². The molecule has 0 saturated heterocycles. The first-order chi connectivity index (χ1) is 9.56. The zero-order valence-electron chi connectivity index (χ0n) is 13.8. The van der Waals surface area contributed by atoms with Gasteiger partial charge in [0.2, 0.25) is 0 Å². The first kappa shape index (κ1) is 19.3. The summed E-state index contributed by atoms with van der Waals surface area (Å²) in [6.45, 7) is 8.99. The van der Waals surface area contributed by atoms with Crippen molar-refractivity contribution in [3.05, 3.63) is 48.6 Å². The second-order valence-corrected chi connectivity index (χ2v) is 7.67. The van der Waals surface area contributed by atoms with E-state index in [9.17, 15) is 0 Å². The highest BCUT2D eigenvalue weighted by Gasteiger charge is 2.08. The van der Waals surface area contributed by atoms with Crippen LogP contribution in [0.2, 0.25) is 0 Å². The Morgan fingerprint density at radius 2 is 1.15 bits per heavy atom. The van der Waals surface area contributed by atoms with Crippen molar-refractivity contribution in [1.82, 2.24) is 0 Å². The van der Waals surface area contributed by atoms with Gasteiger partial charge >= 0.3 is 0 Å². The molecule has 0 aliphatic carbocycles. The molecule has 0 aromatic carbocycles. The molecule has 114 valence electrons. The summed E-state index contributed by atoms with van der Waals surface area (Å²) in [5, 5.41) is 0. The summed E-state index contributed by atoms with van der Waals surface area (Å²) < 4.78 is 0.395. The maximum Gasteiger partial charge on any atom is 0.00752 e. The number of allylic oxidation sites excluding steroid dienone is 8. The first-order valence-corrected chi connectivity index (χ1v) is 8.78. The first-order valence-electron chi connectivity index (χ1n) is 7.80. The van der Waals surface area contributed by atoms with E-state index in [4.69, 9.17) is 0 Å². The van der Waals surface area contributed by atoms with Crippen molar-refractivity contribution in [2.75, 3.05) is 5.75 Å². The Hall–Kier alpha value is -0.690. The molecule has 20 heavy (non-hydrogen) atoms. The molecule has 0 aromatic rings. The molecule has 0 nitrogen and oxygen atoms in total. The van der Waals surface area contributed by atoms with Gasteiger partial charge in [-0.25, -0.2) is 0 Å². The van der Waals surface area contributed by atoms with Crippen molar-refractivity contribution < 1.29 is 0 Å². The molecule has 0 aliphatic rings. The van der Waals surface area contributed by atoms with Gasteiger partial charge in [0.15, 0.2) is 0 Å². The third-order valence-corrected chi connectivity index (χ3v) is 3.84. The lowest BCUT2D eigenvalue weighted by molar-refractivity contribution is 0.802. The van der Waals surface area contributed by atoms with E-state index in [-0.39, 0.29) is 0 Å². The summed E-state index contributed by atoms with van der Waals surface area (Å²) in [6, 6.07) is 0. The number of thioether (sulfide) groups is 1. The Morgan fingerprint density at radius 1 is 0.700 bits per heavy atom. The number of hydrogen-bond donors (Lipinski definition) is 0. The van der Waals surface area contributed by atoms with Gasteiger partial charge in [0.1, 0.15) is 0 Å². The van der Waals surface area contributed by atoms with Gasteiger partial charge in [0, 0.05) is 4.75 Å². The Labute approximate surface area is 131 Å². The van der Waals surface area contributed by atoms with E-state index in [0.29, 0.717) is 4.75 Å². The van der Waals surface area contributed by atoms with Crippen LogP contribution in [0, 0.1) is 0 Å². The van der Waals surface area contributed by atoms with Crippen LogP contribution in [0.5, 0.6) is 0 Å². The monoisotopic (exact) mass is 292 g/mol. The maximum atomic E-state index is 2.30. The van der Waals surface area contributed by atoms with Gasteiger partial charge in [-0.2, -0.15) is 11.8 Å². The molecular formula is C19H32S. The molecule has 0 aromatic heterocycles. The normalized spacial score (nSPS) is 13.6. The van der Waals surface area contributed by atoms with E-state index in [0.717, 1.165) is 25.7 Å². The van der Waals surface area contributed by atoms with Crippen molar-refractivity contribution in [2.24, 2.45) is 0 Å². The van der Waals surface area contributed by atoms with E-state index in [2.05, 4.69) is 76.3 Å². The molecule has 0 rings (SSSR count). The van der Waals surface area contributed by atoms with Crippen LogP contribution in [0.15, 0.2) is 48.6 Å². The minimum atomic E-state index is 0.395. The van der Waals surface area contributed by atoms with Crippen molar-refractivity contribution >= 4 is 11.8 Å². The predicted octanol–water partition coefficient (Wildman–Crippen LogP) is 6.71. The Balaban J connectivity index is 3.45. The zero-order valence-corrected chi connectivity index (χ0v) is 14.6. The summed E-state index contributed by atoms with van der Waals surface area (Å²) in [6.07, 6.45) is 23.5. The molecule has 0 heterocycles. The van der Waals surface area contributed by atoms with E-state index >= 15 is 0 Å². The highest BCUT2D eigenvalue weighted by atomic mass is 32.2. The van der Waals surface area contributed by atoms with Crippen molar-refractivity contribution in [1.29, 1.82) is 0 Å². The van der Waals surface area contributed by atoms with Gasteiger partial charge in [0.25, 0.3) is 0 Å². The molecule has 1 heteroatoms. The Morgan fingerprint density at radius 3 is 1.60 bits per heavy atom. The Bertz CT molecular complexity index is 313. The molecule has 0 aliphatic heterocycles. The highest BCUT2D eigenvalue weighted by molar-refractivity contribution is 8.00. The fraction of sp³-hybridized carbons (Fsp3) is 0.579. The minimum Gasteiger partial charge on any atom is -0.156 e. The van der Waals surface area contributed by atoms with Gasteiger partial charge in [0.05, 0.1) is 0 Å². The predicted molar refractivity (Wildman–Crippen MR) is 97.5 cm³/mol. The van der Waals surface area contributed by atoms with Crippen molar-refractivity contribution in [2.45, 2.75) is 64.5 Å². The van der Waals surface area contributed by atoms with Crippen LogP contribution in [-0.4, -0.2) is 10.5 Å².